The fourth-order valence-electron chi connectivity index (χ4n) is 1.48. The van der Waals surface area contributed by atoms with Crippen LogP contribution in [0.5, 0.6) is 0 Å². The Morgan fingerprint density at radius 3 is 2.78 bits per heavy atom. The number of carbonyl (C=O) groups excluding carboxylic acids is 1. The van der Waals surface area contributed by atoms with Crippen molar-refractivity contribution >= 4 is 23.4 Å². The van der Waals surface area contributed by atoms with Crippen LogP contribution in [-0.4, -0.2) is 35.2 Å². The van der Waals surface area contributed by atoms with Gasteiger partial charge in [0.2, 0.25) is 0 Å². The Bertz CT molecular complexity index is 418. The second-order valence-corrected chi connectivity index (χ2v) is 5.25. The van der Waals surface area contributed by atoms with Crippen molar-refractivity contribution in [2.24, 2.45) is 0 Å². The summed E-state index contributed by atoms with van der Waals surface area (Å²) < 4.78 is 13.1. The molecule has 4 nitrogen and oxygen atoms in total. The Morgan fingerprint density at radius 1 is 1.56 bits per heavy atom. The van der Waals surface area contributed by atoms with Gasteiger partial charge in [0.15, 0.2) is 0 Å². The van der Waals surface area contributed by atoms with Crippen molar-refractivity contribution in [3.63, 3.8) is 0 Å². The lowest BCUT2D eigenvalue weighted by Crippen LogP contribution is -2.42. The summed E-state index contributed by atoms with van der Waals surface area (Å²) in [6, 6.07) is 3.64. The van der Waals surface area contributed by atoms with Crippen molar-refractivity contribution in [2.45, 2.75) is 12.5 Å². The molecule has 1 rings (SSSR count). The highest BCUT2D eigenvalue weighted by Crippen LogP contribution is 2.12. The zero-order valence-corrected chi connectivity index (χ0v) is 11.2. The molecular formula is C12H17FN2O2S. The number of nitrogen functional groups attached to an aromatic ring is 1. The second kappa shape index (κ2) is 6.06. The second-order valence-electron chi connectivity index (χ2n) is 4.39. The van der Waals surface area contributed by atoms with Gasteiger partial charge in [0.1, 0.15) is 5.82 Å². The molecule has 0 fully saturated rings. The van der Waals surface area contributed by atoms with Crippen LogP contribution in [0.2, 0.25) is 0 Å². The minimum Gasteiger partial charge on any atom is -0.399 e. The third kappa shape index (κ3) is 4.54. The van der Waals surface area contributed by atoms with Crippen LogP contribution >= 0.6 is 11.8 Å². The number of nitrogens with one attached hydrogen (secondary N) is 1. The molecule has 1 atom stereocenters. The summed E-state index contributed by atoms with van der Waals surface area (Å²) in [5.41, 5.74) is 4.80. The van der Waals surface area contributed by atoms with Crippen molar-refractivity contribution in [1.29, 1.82) is 0 Å². The van der Waals surface area contributed by atoms with Gasteiger partial charge in [-0.25, -0.2) is 4.39 Å². The third-order valence-electron chi connectivity index (χ3n) is 2.27. The molecule has 1 aromatic rings. The smallest absolute Gasteiger partial charge is 0.251 e. The molecular weight excluding hydrogens is 255 g/mol. The van der Waals surface area contributed by atoms with E-state index in [1.807, 2.05) is 6.26 Å². The quantitative estimate of drug-likeness (QED) is 0.705. The van der Waals surface area contributed by atoms with Crippen LogP contribution in [-0.2, 0) is 0 Å². The standard InChI is InChI=1S/C12H17FN2O2S/c1-12(17,7-18-2)6-15-11(16)8-3-9(13)5-10(14)4-8/h3-5,17H,6-7,14H2,1-2H3,(H,15,16). The number of amides is 1. The first-order chi connectivity index (χ1) is 8.34. The predicted octanol–water partition coefficient (Wildman–Crippen LogP) is 1.25. The lowest BCUT2D eigenvalue weighted by molar-refractivity contribution is 0.0725. The molecule has 1 aromatic carbocycles. The normalized spacial score (nSPS) is 14.0. The minimum absolute atomic E-state index is 0.100. The molecule has 0 saturated heterocycles. The molecule has 18 heavy (non-hydrogen) atoms. The number of halogens is 1. The predicted molar refractivity (Wildman–Crippen MR) is 72.2 cm³/mol. The van der Waals surface area contributed by atoms with Crippen LogP contribution in [0.3, 0.4) is 0 Å². The summed E-state index contributed by atoms with van der Waals surface area (Å²) in [7, 11) is 0. The first-order valence-electron chi connectivity index (χ1n) is 5.40. The first-order valence-corrected chi connectivity index (χ1v) is 6.79. The largest absolute Gasteiger partial charge is 0.399 e. The van der Waals surface area contributed by atoms with Crippen LogP contribution < -0.4 is 11.1 Å². The molecule has 0 aliphatic carbocycles. The molecule has 1 unspecified atom stereocenters. The Hall–Kier alpha value is -1.27. The lowest BCUT2D eigenvalue weighted by Gasteiger charge is -2.22. The molecule has 6 heteroatoms. The van der Waals surface area contributed by atoms with Crippen LogP contribution in [0.4, 0.5) is 10.1 Å². The van der Waals surface area contributed by atoms with Gasteiger partial charge >= 0.3 is 0 Å². The summed E-state index contributed by atoms with van der Waals surface area (Å²) in [5.74, 6) is -0.517. The SMILES string of the molecule is CSCC(C)(O)CNC(=O)c1cc(N)cc(F)c1. The van der Waals surface area contributed by atoms with Gasteiger partial charge < -0.3 is 16.2 Å². The molecule has 0 aliphatic heterocycles. The molecule has 0 aliphatic rings. The molecule has 0 radical (unpaired) electrons. The van der Waals surface area contributed by atoms with E-state index in [1.54, 1.807) is 6.92 Å². The lowest BCUT2D eigenvalue weighted by atomic mass is 10.1. The molecule has 0 saturated carbocycles. The molecule has 1 amide bonds. The number of anilines is 1. The Labute approximate surface area is 110 Å². The number of benzene rings is 1. The van der Waals surface area contributed by atoms with Gasteiger partial charge in [-0.1, -0.05) is 0 Å². The van der Waals surface area contributed by atoms with E-state index in [9.17, 15) is 14.3 Å². The first kappa shape index (κ1) is 14.8. The van der Waals surface area contributed by atoms with Gasteiger partial charge in [-0.15, -0.1) is 0 Å². The third-order valence-corrected chi connectivity index (χ3v) is 3.18. The van der Waals surface area contributed by atoms with E-state index in [0.29, 0.717) is 5.75 Å². The summed E-state index contributed by atoms with van der Waals surface area (Å²) in [5, 5.41) is 12.4. The van der Waals surface area contributed by atoms with Crippen molar-refractivity contribution in [1.82, 2.24) is 5.32 Å². The fourth-order valence-corrected chi connectivity index (χ4v) is 2.20. The molecule has 100 valence electrons. The Kier molecular flexibility index (Phi) is 4.98. The number of hydrogen-bond donors (Lipinski definition) is 3. The molecule has 0 aromatic heterocycles. The van der Waals surface area contributed by atoms with Crippen molar-refractivity contribution in [3.8, 4) is 0 Å². The minimum atomic E-state index is -0.992. The Balaban J connectivity index is 2.66. The fraction of sp³-hybridized carbons (Fsp3) is 0.417. The number of carbonyl (C=O) groups is 1. The maximum absolute atomic E-state index is 13.1. The van der Waals surface area contributed by atoms with E-state index in [2.05, 4.69) is 5.32 Å². The van der Waals surface area contributed by atoms with Crippen molar-refractivity contribution in [2.75, 3.05) is 24.3 Å². The Morgan fingerprint density at radius 2 is 2.22 bits per heavy atom. The van der Waals surface area contributed by atoms with Gasteiger partial charge in [0.05, 0.1) is 5.60 Å². The zero-order valence-electron chi connectivity index (χ0n) is 10.4. The molecule has 4 N–H and O–H groups in total. The summed E-state index contributed by atoms with van der Waals surface area (Å²) in [6.45, 7) is 1.73. The van der Waals surface area contributed by atoms with Crippen LogP contribution in [0, 0.1) is 5.82 Å². The summed E-state index contributed by atoms with van der Waals surface area (Å²) >= 11 is 1.48. The van der Waals surface area contributed by atoms with Crippen LogP contribution in [0.25, 0.3) is 0 Å². The van der Waals surface area contributed by atoms with E-state index in [-0.39, 0.29) is 17.8 Å². The number of aliphatic hydroxyl groups is 1. The van der Waals surface area contributed by atoms with Crippen molar-refractivity contribution < 1.29 is 14.3 Å². The van der Waals surface area contributed by atoms with E-state index in [0.717, 1.165) is 12.1 Å². The van der Waals surface area contributed by atoms with Gasteiger partial charge in [-0.05, 0) is 31.4 Å². The van der Waals surface area contributed by atoms with E-state index >= 15 is 0 Å². The van der Waals surface area contributed by atoms with E-state index in [1.165, 1.54) is 17.8 Å². The number of rotatable bonds is 5. The van der Waals surface area contributed by atoms with Crippen molar-refractivity contribution in [3.05, 3.63) is 29.6 Å². The molecule has 0 spiro atoms. The van der Waals surface area contributed by atoms with Gasteiger partial charge in [0.25, 0.3) is 5.91 Å². The number of hydrogen-bond acceptors (Lipinski definition) is 4. The van der Waals surface area contributed by atoms with Crippen LogP contribution in [0.15, 0.2) is 18.2 Å². The van der Waals surface area contributed by atoms with Gasteiger partial charge in [-0.2, -0.15) is 11.8 Å². The monoisotopic (exact) mass is 272 g/mol. The average Bonchev–Trinajstić information content (AvgIpc) is 2.24. The van der Waals surface area contributed by atoms with Gasteiger partial charge in [-0.3, -0.25) is 4.79 Å². The maximum Gasteiger partial charge on any atom is 0.251 e. The molecule has 0 bridgehead atoms. The van der Waals surface area contributed by atoms with E-state index in [4.69, 9.17) is 5.73 Å². The highest BCUT2D eigenvalue weighted by Gasteiger charge is 2.21. The van der Waals surface area contributed by atoms with E-state index < -0.39 is 17.3 Å². The van der Waals surface area contributed by atoms with Crippen LogP contribution in [0.1, 0.15) is 17.3 Å². The highest BCUT2D eigenvalue weighted by atomic mass is 32.2. The topological polar surface area (TPSA) is 75.3 Å². The summed E-state index contributed by atoms with van der Waals surface area (Å²) in [6.07, 6.45) is 1.86. The number of nitrogens with two attached hydrogens (primary N) is 1. The number of thioether (sulfide) groups is 1. The zero-order chi connectivity index (χ0) is 13.8. The molecule has 0 heterocycles. The highest BCUT2D eigenvalue weighted by molar-refractivity contribution is 7.98. The summed E-state index contributed by atoms with van der Waals surface area (Å²) in [4.78, 5) is 11.7. The van der Waals surface area contributed by atoms with Gasteiger partial charge in [0, 0.05) is 23.5 Å². The maximum atomic E-state index is 13.1. The average molecular weight is 272 g/mol.